The zero-order valence-electron chi connectivity index (χ0n) is 11.6. The van der Waals surface area contributed by atoms with Crippen molar-refractivity contribution in [3.63, 3.8) is 0 Å². The van der Waals surface area contributed by atoms with Crippen molar-refractivity contribution < 1.29 is 14.6 Å². The first-order chi connectivity index (χ1) is 9.58. The van der Waals surface area contributed by atoms with Crippen LogP contribution < -0.4 is 5.32 Å². The quantitative estimate of drug-likeness (QED) is 0.811. The van der Waals surface area contributed by atoms with Crippen molar-refractivity contribution >= 4 is 17.5 Å². The van der Waals surface area contributed by atoms with Crippen LogP contribution in [-0.4, -0.2) is 36.9 Å². The highest BCUT2D eigenvalue weighted by Crippen LogP contribution is 2.28. The van der Waals surface area contributed by atoms with Crippen molar-refractivity contribution in [1.29, 1.82) is 0 Å². The summed E-state index contributed by atoms with van der Waals surface area (Å²) in [6, 6.07) is 5.30. The topological polar surface area (TPSA) is 58.6 Å². The highest BCUT2D eigenvalue weighted by molar-refractivity contribution is 6.34. The number of nitrogens with one attached hydrogen (secondary N) is 1. The number of carbonyl (C=O) groups is 1. The average molecular weight is 298 g/mol. The summed E-state index contributed by atoms with van der Waals surface area (Å²) < 4.78 is 5.37. The fraction of sp³-hybridized carbons (Fsp3) is 0.533. The Morgan fingerprint density at radius 3 is 3.00 bits per heavy atom. The minimum absolute atomic E-state index is 0.160. The van der Waals surface area contributed by atoms with Crippen LogP contribution in [0.3, 0.4) is 0 Å². The first-order valence-electron chi connectivity index (χ1n) is 6.87. The summed E-state index contributed by atoms with van der Waals surface area (Å²) in [7, 11) is 0. The molecule has 1 aromatic rings. The molecular weight excluding hydrogens is 278 g/mol. The molecule has 1 amide bonds. The highest BCUT2D eigenvalue weighted by atomic mass is 35.5. The lowest BCUT2D eigenvalue weighted by Gasteiger charge is -2.13. The molecule has 0 spiro atoms. The zero-order valence-corrected chi connectivity index (χ0v) is 12.3. The Hall–Kier alpha value is -1.10. The number of amides is 1. The van der Waals surface area contributed by atoms with E-state index in [1.54, 1.807) is 12.1 Å². The molecule has 2 N–H and O–H groups in total. The van der Waals surface area contributed by atoms with Crippen LogP contribution in [0.5, 0.6) is 0 Å². The van der Waals surface area contributed by atoms with E-state index in [4.69, 9.17) is 16.3 Å². The normalized spacial score (nSPS) is 15.9. The van der Waals surface area contributed by atoms with Gasteiger partial charge in [0.05, 0.1) is 23.3 Å². The molecule has 110 valence electrons. The number of hydrogen-bond acceptors (Lipinski definition) is 3. The van der Waals surface area contributed by atoms with Gasteiger partial charge in [-0.25, -0.2) is 0 Å². The van der Waals surface area contributed by atoms with Gasteiger partial charge in [-0.3, -0.25) is 4.79 Å². The number of hydrogen-bond donors (Lipinski definition) is 2. The second-order valence-electron chi connectivity index (χ2n) is 5.28. The van der Waals surface area contributed by atoms with Gasteiger partial charge in [0.25, 0.3) is 5.91 Å². The fourth-order valence-corrected chi connectivity index (χ4v) is 2.05. The molecule has 20 heavy (non-hydrogen) atoms. The smallest absolute Gasteiger partial charge is 0.252 e. The molecule has 0 aromatic heterocycles. The van der Waals surface area contributed by atoms with Gasteiger partial charge in [0, 0.05) is 13.2 Å². The Bertz CT molecular complexity index is 474. The number of carbonyl (C=O) groups excluding carboxylic acids is 1. The molecule has 4 nitrogen and oxygen atoms in total. The Kier molecular flexibility index (Phi) is 5.40. The maximum absolute atomic E-state index is 12.0. The summed E-state index contributed by atoms with van der Waals surface area (Å²) >= 11 is 6.08. The van der Waals surface area contributed by atoms with Gasteiger partial charge >= 0.3 is 0 Å². The molecule has 1 unspecified atom stereocenters. The summed E-state index contributed by atoms with van der Waals surface area (Å²) in [5, 5.41) is 12.8. The molecule has 0 saturated heterocycles. The standard InChI is InChI=1S/C15H20ClNO3/c1-10-3-2-4-13(14(10)16)15(19)17-7-12(18)9-20-8-11-5-6-11/h2-4,11-12,18H,5-9H2,1H3,(H,17,19). The third kappa shape index (κ3) is 4.47. The molecule has 1 fully saturated rings. The van der Waals surface area contributed by atoms with E-state index in [1.165, 1.54) is 12.8 Å². The predicted octanol–water partition coefficient (Wildman–Crippen LogP) is 2.17. The van der Waals surface area contributed by atoms with E-state index in [0.29, 0.717) is 23.1 Å². The molecule has 5 heteroatoms. The van der Waals surface area contributed by atoms with Crippen LogP contribution in [-0.2, 0) is 4.74 Å². The van der Waals surface area contributed by atoms with Crippen molar-refractivity contribution in [3.8, 4) is 0 Å². The molecule has 0 heterocycles. The SMILES string of the molecule is Cc1cccc(C(=O)NCC(O)COCC2CC2)c1Cl. The van der Waals surface area contributed by atoms with Crippen LogP contribution in [0.15, 0.2) is 18.2 Å². The second-order valence-corrected chi connectivity index (χ2v) is 5.66. The number of aryl methyl sites for hydroxylation is 1. The maximum atomic E-state index is 12.0. The molecule has 1 aliphatic carbocycles. The van der Waals surface area contributed by atoms with Crippen molar-refractivity contribution in [2.24, 2.45) is 5.92 Å². The lowest BCUT2D eigenvalue weighted by Crippen LogP contribution is -2.34. The van der Waals surface area contributed by atoms with Crippen molar-refractivity contribution in [2.75, 3.05) is 19.8 Å². The van der Waals surface area contributed by atoms with Crippen LogP contribution in [0.25, 0.3) is 0 Å². The van der Waals surface area contributed by atoms with Crippen molar-refractivity contribution in [1.82, 2.24) is 5.32 Å². The molecular formula is C15H20ClNO3. The number of aliphatic hydroxyl groups excluding tert-OH is 1. The van der Waals surface area contributed by atoms with Gasteiger partial charge in [0.1, 0.15) is 0 Å². The molecule has 0 radical (unpaired) electrons. The van der Waals surface area contributed by atoms with Crippen LogP contribution >= 0.6 is 11.6 Å². The minimum atomic E-state index is -0.693. The van der Waals surface area contributed by atoms with Gasteiger partial charge < -0.3 is 15.2 Å². The van der Waals surface area contributed by atoms with Gasteiger partial charge in [-0.1, -0.05) is 23.7 Å². The lowest BCUT2D eigenvalue weighted by molar-refractivity contribution is 0.0321. The first-order valence-corrected chi connectivity index (χ1v) is 7.25. The van der Waals surface area contributed by atoms with Crippen LogP contribution in [0.1, 0.15) is 28.8 Å². The van der Waals surface area contributed by atoms with Crippen LogP contribution in [0.4, 0.5) is 0 Å². The number of rotatable bonds is 7. The molecule has 1 saturated carbocycles. The number of ether oxygens (including phenoxy) is 1. The van der Waals surface area contributed by atoms with E-state index in [2.05, 4.69) is 5.32 Å². The second kappa shape index (κ2) is 7.07. The molecule has 0 bridgehead atoms. The molecule has 2 rings (SSSR count). The Labute approximate surface area is 124 Å². The van der Waals surface area contributed by atoms with Gasteiger partial charge in [-0.15, -0.1) is 0 Å². The minimum Gasteiger partial charge on any atom is -0.389 e. The Morgan fingerprint density at radius 1 is 1.55 bits per heavy atom. The van der Waals surface area contributed by atoms with Crippen LogP contribution in [0.2, 0.25) is 5.02 Å². The lowest BCUT2D eigenvalue weighted by atomic mass is 10.1. The number of benzene rings is 1. The largest absolute Gasteiger partial charge is 0.389 e. The number of aliphatic hydroxyl groups is 1. The van der Waals surface area contributed by atoms with E-state index in [0.717, 1.165) is 5.56 Å². The average Bonchev–Trinajstić information content (AvgIpc) is 3.23. The summed E-state index contributed by atoms with van der Waals surface area (Å²) in [6.45, 7) is 2.96. The zero-order chi connectivity index (χ0) is 14.5. The molecule has 1 aliphatic rings. The molecule has 1 aromatic carbocycles. The van der Waals surface area contributed by atoms with Crippen LogP contribution in [0, 0.1) is 12.8 Å². The molecule has 0 aliphatic heterocycles. The summed E-state index contributed by atoms with van der Waals surface area (Å²) in [5.41, 5.74) is 1.28. The van der Waals surface area contributed by atoms with Gasteiger partial charge in [-0.2, -0.15) is 0 Å². The monoisotopic (exact) mass is 297 g/mol. The Morgan fingerprint density at radius 2 is 2.30 bits per heavy atom. The highest BCUT2D eigenvalue weighted by Gasteiger charge is 2.21. The number of halogens is 1. The van der Waals surface area contributed by atoms with Crippen molar-refractivity contribution in [3.05, 3.63) is 34.3 Å². The van der Waals surface area contributed by atoms with E-state index in [-0.39, 0.29) is 19.1 Å². The van der Waals surface area contributed by atoms with E-state index >= 15 is 0 Å². The first kappa shape index (κ1) is 15.3. The maximum Gasteiger partial charge on any atom is 0.252 e. The third-order valence-corrected chi connectivity index (χ3v) is 3.80. The Balaban J connectivity index is 1.74. The molecule has 1 atom stereocenters. The van der Waals surface area contributed by atoms with E-state index in [9.17, 15) is 9.90 Å². The summed E-state index contributed by atoms with van der Waals surface area (Å²) in [4.78, 5) is 12.0. The van der Waals surface area contributed by atoms with E-state index in [1.807, 2.05) is 13.0 Å². The van der Waals surface area contributed by atoms with Crippen molar-refractivity contribution in [2.45, 2.75) is 25.9 Å². The van der Waals surface area contributed by atoms with Gasteiger partial charge in [0.15, 0.2) is 0 Å². The summed E-state index contributed by atoms with van der Waals surface area (Å²) in [5.74, 6) is 0.392. The predicted molar refractivity (Wildman–Crippen MR) is 78.1 cm³/mol. The van der Waals surface area contributed by atoms with Gasteiger partial charge in [0.2, 0.25) is 0 Å². The fourth-order valence-electron chi connectivity index (χ4n) is 1.84. The van der Waals surface area contributed by atoms with Gasteiger partial charge in [-0.05, 0) is 37.3 Å². The van der Waals surface area contributed by atoms with E-state index < -0.39 is 6.10 Å². The summed E-state index contributed by atoms with van der Waals surface area (Å²) in [6.07, 6.45) is 1.75. The third-order valence-electron chi connectivity index (χ3n) is 3.30.